The third-order valence-corrected chi connectivity index (χ3v) is 2.75. The lowest BCUT2D eigenvalue weighted by Crippen LogP contribution is -2.26. The second kappa shape index (κ2) is 4.10. The van der Waals surface area contributed by atoms with Gasteiger partial charge in [0.2, 0.25) is 5.91 Å². The first-order chi connectivity index (χ1) is 7.61. The van der Waals surface area contributed by atoms with E-state index in [4.69, 9.17) is 12.2 Å². The highest BCUT2D eigenvalue weighted by Crippen LogP contribution is 2.27. The molecule has 5 nitrogen and oxygen atoms in total. The summed E-state index contributed by atoms with van der Waals surface area (Å²) in [4.78, 5) is 21.3. The maximum Gasteiger partial charge on any atom is 0.229 e. The summed E-state index contributed by atoms with van der Waals surface area (Å²) in [6.07, 6.45) is 7.12. The van der Waals surface area contributed by atoms with Gasteiger partial charge in [-0.1, -0.05) is 0 Å². The SMILES string of the molecule is C#CC1CC(=O)N(c2nc(Br)cnc2N)C1. The van der Waals surface area contributed by atoms with Crippen LogP contribution in [0.2, 0.25) is 0 Å². The van der Waals surface area contributed by atoms with E-state index in [2.05, 4.69) is 31.8 Å². The molecule has 6 heteroatoms. The molecule has 16 heavy (non-hydrogen) atoms. The molecule has 0 aliphatic carbocycles. The summed E-state index contributed by atoms with van der Waals surface area (Å²) >= 11 is 3.19. The second-order valence-electron chi connectivity index (χ2n) is 3.47. The predicted molar refractivity (Wildman–Crippen MR) is 63.4 cm³/mol. The molecule has 2 heterocycles. The molecule has 0 saturated carbocycles. The molecule has 0 radical (unpaired) electrons. The Hall–Kier alpha value is -1.61. The van der Waals surface area contributed by atoms with Gasteiger partial charge in [0.15, 0.2) is 11.6 Å². The highest BCUT2D eigenvalue weighted by atomic mass is 79.9. The van der Waals surface area contributed by atoms with E-state index in [1.165, 1.54) is 11.1 Å². The number of rotatable bonds is 1. The molecule has 0 bridgehead atoms. The molecule has 0 aromatic carbocycles. The van der Waals surface area contributed by atoms with Crippen molar-refractivity contribution in [1.82, 2.24) is 9.97 Å². The fourth-order valence-electron chi connectivity index (χ4n) is 1.59. The maximum atomic E-state index is 11.7. The lowest BCUT2D eigenvalue weighted by atomic mass is 10.1. The van der Waals surface area contributed by atoms with Crippen molar-refractivity contribution in [3.8, 4) is 12.3 Å². The molecule has 82 valence electrons. The van der Waals surface area contributed by atoms with Gasteiger partial charge in [-0.05, 0) is 15.9 Å². The molecule has 1 aromatic heterocycles. The number of nitrogens with zero attached hydrogens (tertiary/aromatic N) is 3. The largest absolute Gasteiger partial charge is 0.381 e. The number of nitrogens with two attached hydrogens (primary N) is 1. The summed E-state index contributed by atoms with van der Waals surface area (Å²) in [6, 6.07) is 0. The predicted octanol–water partition coefficient (Wildman–Crippen LogP) is 0.807. The Morgan fingerprint density at radius 3 is 3.06 bits per heavy atom. The van der Waals surface area contributed by atoms with Gasteiger partial charge in [-0.25, -0.2) is 9.97 Å². The quantitative estimate of drug-likeness (QED) is 0.773. The van der Waals surface area contributed by atoms with Crippen LogP contribution in [0.4, 0.5) is 11.6 Å². The molecule has 1 aliphatic heterocycles. The van der Waals surface area contributed by atoms with Crippen molar-refractivity contribution in [1.29, 1.82) is 0 Å². The van der Waals surface area contributed by atoms with Crippen LogP contribution in [0.25, 0.3) is 0 Å². The van der Waals surface area contributed by atoms with E-state index in [1.807, 2.05) is 0 Å². The minimum atomic E-state index is -0.0762. The van der Waals surface area contributed by atoms with Crippen LogP contribution in [-0.2, 0) is 4.79 Å². The van der Waals surface area contributed by atoms with Gasteiger partial charge < -0.3 is 5.73 Å². The van der Waals surface area contributed by atoms with Gasteiger partial charge in [-0.2, -0.15) is 0 Å². The van der Waals surface area contributed by atoms with Crippen molar-refractivity contribution < 1.29 is 4.79 Å². The number of hydrogen-bond acceptors (Lipinski definition) is 4. The van der Waals surface area contributed by atoms with Gasteiger partial charge in [0, 0.05) is 18.9 Å². The van der Waals surface area contributed by atoms with Crippen molar-refractivity contribution in [2.24, 2.45) is 5.92 Å². The summed E-state index contributed by atoms with van der Waals surface area (Å²) in [5.74, 6) is 3.02. The summed E-state index contributed by atoms with van der Waals surface area (Å²) in [6.45, 7) is 0.449. The van der Waals surface area contributed by atoms with Crippen LogP contribution >= 0.6 is 15.9 Å². The smallest absolute Gasteiger partial charge is 0.229 e. The highest BCUT2D eigenvalue weighted by Gasteiger charge is 2.31. The Morgan fingerprint density at radius 1 is 1.69 bits per heavy atom. The minimum Gasteiger partial charge on any atom is -0.381 e. The molecule has 1 fully saturated rings. The van der Waals surface area contributed by atoms with Gasteiger partial charge in [0.25, 0.3) is 0 Å². The van der Waals surface area contributed by atoms with Gasteiger partial charge in [0.05, 0.1) is 6.20 Å². The Balaban J connectivity index is 2.35. The molecule has 1 unspecified atom stereocenters. The van der Waals surface area contributed by atoms with E-state index in [-0.39, 0.29) is 17.6 Å². The molecule has 1 aliphatic rings. The molecular formula is C10H9BrN4O. The van der Waals surface area contributed by atoms with Crippen LogP contribution in [0.15, 0.2) is 10.8 Å². The molecule has 0 spiro atoms. The van der Waals surface area contributed by atoms with Gasteiger partial charge >= 0.3 is 0 Å². The molecule has 1 atom stereocenters. The van der Waals surface area contributed by atoms with Crippen molar-refractivity contribution in [3.05, 3.63) is 10.8 Å². The molecule has 2 rings (SSSR count). The summed E-state index contributed by atoms with van der Waals surface area (Å²) in [5.41, 5.74) is 5.68. The fraction of sp³-hybridized carbons (Fsp3) is 0.300. The Bertz CT molecular complexity index is 482. The number of halogens is 1. The zero-order valence-electron chi connectivity index (χ0n) is 8.35. The standard InChI is InChI=1S/C10H9BrN4O/c1-2-6-3-8(16)15(5-6)10-9(12)13-4-7(11)14-10/h1,4,6H,3,5H2,(H2,12,13). The number of amides is 1. The molecule has 2 N–H and O–H groups in total. The zero-order valence-corrected chi connectivity index (χ0v) is 9.94. The maximum absolute atomic E-state index is 11.7. The van der Waals surface area contributed by atoms with Crippen LogP contribution in [-0.4, -0.2) is 22.4 Å². The normalized spacial score (nSPS) is 19.9. The monoisotopic (exact) mass is 280 g/mol. The Morgan fingerprint density at radius 2 is 2.44 bits per heavy atom. The first-order valence-electron chi connectivity index (χ1n) is 4.66. The van der Waals surface area contributed by atoms with Gasteiger partial charge in [-0.15, -0.1) is 12.3 Å². The topological polar surface area (TPSA) is 72.1 Å². The van der Waals surface area contributed by atoms with E-state index in [0.29, 0.717) is 23.4 Å². The van der Waals surface area contributed by atoms with Crippen molar-refractivity contribution >= 4 is 33.5 Å². The Labute approximate surface area is 101 Å². The van der Waals surface area contributed by atoms with Crippen LogP contribution in [0.3, 0.4) is 0 Å². The van der Waals surface area contributed by atoms with E-state index in [1.54, 1.807) is 0 Å². The number of carbonyl (C=O) groups excluding carboxylic acids is 1. The van der Waals surface area contributed by atoms with E-state index >= 15 is 0 Å². The van der Waals surface area contributed by atoms with Crippen LogP contribution in [0.5, 0.6) is 0 Å². The third-order valence-electron chi connectivity index (χ3n) is 2.37. The third kappa shape index (κ3) is 1.86. The lowest BCUT2D eigenvalue weighted by Gasteiger charge is -2.15. The molecule has 1 amide bonds. The van der Waals surface area contributed by atoms with Crippen molar-refractivity contribution in [3.63, 3.8) is 0 Å². The van der Waals surface area contributed by atoms with Gasteiger partial charge in [0.1, 0.15) is 4.60 Å². The minimum absolute atomic E-state index is 0.0675. The molecular weight excluding hydrogens is 272 g/mol. The first kappa shape index (κ1) is 10.9. The number of aromatic nitrogens is 2. The highest BCUT2D eigenvalue weighted by molar-refractivity contribution is 9.10. The van der Waals surface area contributed by atoms with E-state index < -0.39 is 0 Å². The zero-order chi connectivity index (χ0) is 11.7. The summed E-state index contributed by atoms with van der Waals surface area (Å²) in [5, 5.41) is 0. The Kier molecular flexibility index (Phi) is 2.79. The van der Waals surface area contributed by atoms with E-state index in [0.717, 1.165) is 0 Å². The number of carbonyl (C=O) groups is 1. The van der Waals surface area contributed by atoms with Gasteiger partial charge in [-0.3, -0.25) is 9.69 Å². The molecule has 1 saturated heterocycles. The average molecular weight is 281 g/mol. The van der Waals surface area contributed by atoms with Crippen LogP contribution < -0.4 is 10.6 Å². The van der Waals surface area contributed by atoms with Crippen LogP contribution in [0, 0.1) is 18.3 Å². The fourth-order valence-corrected chi connectivity index (χ4v) is 1.86. The number of nitrogen functional groups attached to an aromatic ring is 1. The summed E-state index contributed by atoms with van der Waals surface area (Å²) < 4.78 is 0.536. The van der Waals surface area contributed by atoms with Crippen LogP contribution in [0.1, 0.15) is 6.42 Å². The number of hydrogen-bond donors (Lipinski definition) is 1. The van der Waals surface area contributed by atoms with Crippen molar-refractivity contribution in [2.75, 3.05) is 17.2 Å². The van der Waals surface area contributed by atoms with Crippen molar-refractivity contribution in [2.45, 2.75) is 6.42 Å². The average Bonchev–Trinajstić information content (AvgIpc) is 2.63. The van der Waals surface area contributed by atoms with E-state index in [9.17, 15) is 4.79 Å². The number of anilines is 2. The first-order valence-corrected chi connectivity index (χ1v) is 5.45. The molecule has 1 aromatic rings. The second-order valence-corrected chi connectivity index (χ2v) is 4.29. The summed E-state index contributed by atoms with van der Waals surface area (Å²) in [7, 11) is 0. The lowest BCUT2D eigenvalue weighted by molar-refractivity contribution is -0.117. The number of terminal acetylenes is 1.